The lowest BCUT2D eigenvalue weighted by molar-refractivity contribution is -0.137. The molecular formula is C14H16F2O2. The maximum atomic E-state index is 14.2. The number of hydrogen-bond acceptors (Lipinski definition) is 1. The summed E-state index contributed by atoms with van der Waals surface area (Å²) in [5.74, 6) is -2.10. The van der Waals surface area contributed by atoms with E-state index in [0.29, 0.717) is 0 Å². The topological polar surface area (TPSA) is 37.3 Å². The van der Waals surface area contributed by atoms with Crippen LogP contribution in [0.1, 0.15) is 41.9 Å². The molecule has 1 N–H and O–H groups in total. The molecule has 1 aromatic rings. The van der Waals surface area contributed by atoms with Gasteiger partial charge in [0, 0.05) is 5.92 Å². The van der Waals surface area contributed by atoms with Gasteiger partial charge < -0.3 is 5.11 Å². The summed E-state index contributed by atoms with van der Waals surface area (Å²) < 4.78 is 27.9. The fourth-order valence-electron chi connectivity index (χ4n) is 2.50. The van der Waals surface area contributed by atoms with Gasteiger partial charge in [0.25, 0.3) is 0 Å². The second-order valence-electron chi connectivity index (χ2n) is 5.07. The molecular weight excluding hydrogens is 238 g/mol. The predicted molar refractivity (Wildman–Crippen MR) is 63.5 cm³/mol. The molecule has 1 aliphatic rings. The third-order valence-electron chi connectivity index (χ3n) is 3.64. The van der Waals surface area contributed by atoms with Crippen LogP contribution in [0, 0.1) is 31.4 Å². The van der Waals surface area contributed by atoms with Crippen LogP contribution in [0.25, 0.3) is 0 Å². The predicted octanol–water partition coefficient (Wildman–Crippen LogP) is 3.55. The maximum absolute atomic E-state index is 14.2. The van der Waals surface area contributed by atoms with Crippen LogP contribution in [0.2, 0.25) is 0 Å². The van der Waals surface area contributed by atoms with Gasteiger partial charge in [-0.15, -0.1) is 0 Å². The third-order valence-corrected chi connectivity index (χ3v) is 3.64. The van der Waals surface area contributed by atoms with Gasteiger partial charge in [0.1, 0.15) is 11.6 Å². The van der Waals surface area contributed by atoms with E-state index in [2.05, 4.69) is 0 Å². The second kappa shape index (κ2) is 4.67. The molecule has 18 heavy (non-hydrogen) atoms. The molecule has 0 amide bonds. The SMILES string of the molecule is Cc1cc(F)c(C)c(C(CC(=O)O)C2CC2)c1F. The van der Waals surface area contributed by atoms with Gasteiger partial charge >= 0.3 is 5.97 Å². The highest BCUT2D eigenvalue weighted by molar-refractivity contribution is 5.68. The summed E-state index contributed by atoms with van der Waals surface area (Å²) in [6, 6.07) is 1.17. The van der Waals surface area contributed by atoms with Crippen LogP contribution in [-0.2, 0) is 4.79 Å². The van der Waals surface area contributed by atoms with Crippen LogP contribution in [0.5, 0.6) is 0 Å². The summed E-state index contributed by atoms with van der Waals surface area (Å²) in [7, 11) is 0. The summed E-state index contributed by atoms with van der Waals surface area (Å²) in [5, 5.41) is 8.93. The molecule has 1 aliphatic carbocycles. The van der Waals surface area contributed by atoms with Crippen LogP contribution in [0.3, 0.4) is 0 Å². The Bertz CT molecular complexity index is 467. The zero-order chi connectivity index (χ0) is 13.4. The van der Waals surface area contributed by atoms with E-state index in [4.69, 9.17) is 5.11 Å². The van der Waals surface area contributed by atoms with Gasteiger partial charge in [0.2, 0.25) is 0 Å². The first-order valence-electron chi connectivity index (χ1n) is 6.08. The van der Waals surface area contributed by atoms with Crippen LogP contribution in [-0.4, -0.2) is 11.1 Å². The number of carbonyl (C=O) groups is 1. The van der Waals surface area contributed by atoms with Gasteiger partial charge in [-0.25, -0.2) is 8.78 Å². The maximum Gasteiger partial charge on any atom is 0.303 e. The lowest BCUT2D eigenvalue weighted by atomic mass is 9.86. The minimum absolute atomic E-state index is 0.134. The lowest BCUT2D eigenvalue weighted by Crippen LogP contribution is -2.13. The third kappa shape index (κ3) is 2.37. The van der Waals surface area contributed by atoms with E-state index < -0.39 is 23.5 Å². The Kier molecular flexibility index (Phi) is 3.37. The zero-order valence-electron chi connectivity index (χ0n) is 10.5. The minimum atomic E-state index is -0.965. The molecule has 0 aliphatic heterocycles. The molecule has 0 aromatic heterocycles. The molecule has 0 spiro atoms. The fourth-order valence-corrected chi connectivity index (χ4v) is 2.50. The number of carboxylic acid groups (broad SMARTS) is 1. The molecule has 0 radical (unpaired) electrons. The largest absolute Gasteiger partial charge is 0.481 e. The van der Waals surface area contributed by atoms with Crippen molar-refractivity contribution in [3.63, 3.8) is 0 Å². The van der Waals surface area contributed by atoms with Gasteiger partial charge in [0.05, 0.1) is 6.42 Å². The number of benzene rings is 1. The van der Waals surface area contributed by atoms with Crippen molar-refractivity contribution in [1.29, 1.82) is 0 Å². The van der Waals surface area contributed by atoms with Gasteiger partial charge in [-0.05, 0) is 55.4 Å². The molecule has 1 atom stereocenters. The summed E-state index contributed by atoms with van der Waals surface area (Å²) in [4.78, 5) is 10.9. The Morgan fingerprint density at radius 2 is 2.06 bits per heavy atom. The van der Waals surface area contributed by atoms with E-state index in [1.165, 1.54) is 19.9 Å². The first kappa shape index (κ1) is 13.0. The molecule has 98 valence electrons. The van der Waals surface area contributed by atoms with Gasteiger partial charge in [-0.2, -0.15) is 0 Å². The van der Waals surface area contributed by atoms with Gasteiger partial charge in [0.15, 0.2) is 0 Å². The molecule has 0 heterocycles. The van der Waals surface area contributed by atoms with Crippen LogP contribution >= 0.6 is 0 Å². The van der Waals surface area contributed by atoms with Crippen LogP contribution < -0.4 is 0 Å². The Labute approximate surface area is 105 Å². The highest BCUT2D eigenvalue weighted by atomic mass is 19.1. The van der Waals surface area contributed by atoms with Crippen molar-refractivity contribution in [2.24, 2.45) is 5.92 Å². The first-order chi connectivity index (χ1) is 8.41. The molecule has 0 bridgehead atoms. The van der Waals surface area contributed by atoms with Gasteiger partial charge in [-0.1, -0.05) is 0 Å². The zero-order valence-corrected chi connectivity index (χ0v) is 10.5. The van der Waals surface area contributed by atoms with Crippen LogP contribution in [0.4, 0.5) is 8.78 Å². The number of halogens is 2. The summed E-state index contributed by atoms with van der Waals surface area (Å²) in [6.07, 6.45) is 1.66. The van der Waals surface area contributed by atoms with Gasteiger partial charge in [-0.3, -0.25) is 4.79 Å². The molecule has 2 nitrogen and oxygen atoms in total. The monoisotopic (exact) mass is 254 g/mol. The summed E-state index contributed by atoms with van der Waals surface area (Å²) >= 11 is 0. The van der Waals surface area contributed by atoms with E-state index in [0.717, 1.165) is 12.8 Å². The van der Waals surface area contributed by atoms with Crippen molar-refractivity contribution in [1.82, 2.24) is 0 Å². The average Bonchev–Trinajstić information content (AvgIpc) is 3.08. The molecule has 0 saturated heterocycles. The highest BCUT2D eigenvalue weighted by Crippen LogP contribution is 2.46. The van der Waals surface area contributed by atoms with E-state index in [-0.39, 0.29) is 29.0 Å². The molecule has 4 heteroatoms. The number of rotatable bonds is 4. The Balaban J connectivity index is 2.49. The van der Waals surface area contributed by atoms with Crippen molar-refractivity contribution < 1.29 is 18.7 Å². The second-order valence-corrected chi connectivity index (χ2v) is 5.07. The smallest absolute Gasteiger partial charge is 0.303 e. The molecule has 2 rings (SSSR count). The minimum Gasteiger partial charge on any atom is -0.481 e. The average molecular weight is 254 g/mol. The number of aryl methyl sites for hydroxylation is 1. The van der Waals surface area contributed by atoms with Crippen molar-refractivity contribution >= 4 is 5.97 Å². The number of aliphatic carboxylic acids is 1. The van der Waals surface area contributed by atoms with E-state index >= 15 is 0 Å². The van der Waals surface area contributed by atoms with E-state index in [9.17, 15) is 13.6 Å². The Hall–Kier alpha value is -1.45. The van der Waals surface area contributed by atoms with E-state index in [1.54, 1.807) is 0 Å². The molecule has 1 saturated carbocycles. The van der Waals surface area contributed by atoms with E-state index in [1.807, 2.05) is 0 Å². The van der Waals surface area contributed by atoms with Crippen LogP contribution in [0.15, 0.2) is 6.07 Å². The summed E-state index contributed by atoms with van der Waals surface area (Å²) in [6.45, 7) is 3.02. The number of hydrogen-bond donors (Lipinski definition) is 1. The van der Waals surface area contributed by atoms with Crippen molar-refractivity contribution in [3.8, 4) is 0 Å². The molecule has 1 fully saturated rings. The summed E-state index contributed by atoms with van der Waals surface area (Å²) in [5.41, 5.74) is 0.748. The standard InChI is InChI=1S/C14H16F2O2/c1-7-5-11(15)8(2)13(14(7)16)10(6-12(17)18)9-3-4-9/h5,9-10H,3-4,6H2,1-2H3,(H,17,18). The molecule has 1 unspecified atom stereocenters. The molecule has 1 aromatic carbocycles. The highest BCUT2D eigenvalue weighted by Gasteiger charge is 2.37. The Morgan fingerprint density at radius 3 is 2.56 bits per heavy atom. The Morgan fingerprint density at radius 1 is 1.44 bits per heavy atom. The lowest BCUT2D eigenvalue weighted by Gasteiger charge is -2.19. The number of carboxylic acids is 1. The normalized spacial score (nSPS) is 16.7. The van der Waals surface area contributed by atoms with Crippen molar-refractivity contribution in [2.45, 2.75) is 39.0 Å². The first-order valence-corrected chi connectivity index (χ1v) is 6.08. The van der Waals surface area contributed by atoms with Crippen molar-refractivity contribution in [2.75, 3.05) is 0 Å². The quantitative estimate of drug-likeness (QED) is 0.892. The van der Waals surface area contributed by atoms with Crippen molar-refractivity contribution in [3.05, 3.63) is 34.4 Å². The fraction of sp³-hybridized carbons (Fsp3) is 0.500.